The van der Waals surface area contributed by atoms with Gasteiger partial charge in [-0.15, -0.1) is 0 Å². The number of sulfone groups is 1. The number of nitrogens with zero attached hydrogens (tertiary/aromatic N) is 4. The molecule has 2 aromatic rings. The molecule has 0 atom stereocenters. The molecule has 11 heteroatoms. The number of carbonyl (C=O) groups excluding carboxylic acids is 1. The molecule has 29 heavy (non-hydrogen) atoms. The van der Waals surface area contributed by atoms with Gasteiger partial charge >= 0.3 is 5.76 Å². The molecule has 1 aromatic heterocycles. The minimum absolute atomic E-state index is 0.243. The number of nitrogens with one attached hydrogen (secondary N) is 1. The summed E-state index contributed by atoms with van der Waals surface area (Å²) >= 11 is 0. The molecule has 1 aliphatic rings. The van der Waals surface area contributed by atoms with Crippen LogP contribution in [0.4, 0.5) is 26.2 Å². The minimum Gasteiger partial charge on any atom is -0.361 e. The van der Waals surface area contributed by atoms with Gasteiger partial charge in [0.05, 0.1) is 16.7 Å². The molecule has 0 radical (unpaired) electrons. The molecule has 1 aliphatic heterocycles. The van der Waals surface area contributed by atoms with Crippen molar-refractivity contribution in [3.05, 3.63) is 36.0 Å². The maximum atomic E-state index is 13.0. The summed E-state index contributed by atoms with van der Waals surface area (Å²) in [7, 11) is -1.46. The lowest BCUT2D eigenvalue weighted by Crippen LogP contribution is -2.24. The molecule has 156 valence electrons. The summed E-state index contributed by atoms with van der Waals surface area (Å²) in [6, 6.07) is 4.85. The third-order valence-corrected chi connectivity index (χ3v) is 5.93. The fourth-order valence-electron chi connectivity index (χ4n) is 3.05. The zero-order chi connectivity index (χ0) is 21.2. The molecule has 2 heterocycles. The molecule has 0 unspecified atom stereocenters. The van der Waals surface area contributed by atoms with Crippen molar-refractivity contribution in [2.45, 2.75) is 23.5 Å². The Morgan fingerprint density at radius 2 is 1.86 bits per heavy atom. The van der Waals surface area contributed by atoms with Crippen LogP contribution in [0.15, 0.2) is 35.4 Å². The topological polar surface area (TPSA) is 95.5 Å². The molecule has 1 aromatic carbocycles. The van der Waals surface area contributed by atoms with Crippen LogP contribution in [-0.2, 0) is 9.84 Å². The molecule has 1 N–H and O–H groups in total. The molecule has 0 saturated carbocycles. The Bertz CT molecular complexity index is 1010. The number of halogens is 2. The van der Waals surface area contributed by atoms with Crippen LogP contribution in [0.1, 0.15) is 23.2 Å². The summed E-state index contributed by atoms with van der Waals surface area (Å²) < 4.78 is 49.8. The third kappa shape index (κ3) is 4.29. The molecule has 8 nitrogen and oxygen atoms in total. The molecule has 0 aliphatic carbocycles. The minimum atomic E-state index is -4.93. The number of rotatable bonds is 6. The van der Waals surface area contributed by atoms with Gasteiger partial charge in [-0.3, -0.25) is 4.79 Å². The fourth-order valence-corrected chi connectivity index (χ4v) is 3.98. The molecule has 3 rings (SSSR count). The second kappa shape index (κ2) is 8.27. The first kappa shape index (κ1) is 20.9. The van der Waals surface area contributed by atoms with E-state index < -0.39 is 26.4 Å². The van der Waals surface area contributed by atoms with Crippen molar-refractivity contribution in [3.8, 4) is 0 Å². The van der Waals surface area contributed by atoms with Crippen molar-refractivity contribution < 1.29 is 22.0 Å². The first-order valence-electron chi connectivity index (χ1n) is 8.93. The number of amides is 1. The monoisotopic (exact) mass is 425 g/mol. The number of hydrogen-bond acceptors (Lipinski definition) is 7. The Balaban J connectivity index is 1.94. The van der Waals surface area contributed by atoms with Gasteiger partial charge in [-0.1, -0.05) is 12.1 Å². The first-order chi connectivity index (χ1) is 13.7. The van der Waals surface area contributed by atoms with E-state index >= 15 is 0 Å². The van der Waals surface area contributed by atoms with Crippen molar-refractivity contribution in [1.29, 1.82) is 0 Å². The Morgan fingerprint density at radius 3 is 2.48 bits per heavy atom. The van der Waals surface area contributed by atoms with E-state index in [9.17, 15) is 22.0 Å². The van der Waals surface area contributed by atoms with Crippen molar-refractivity contribution in [2.24, 2.45) is 0 Å². The van der Waals surface area contributed by atoms with Crippen molar-refractivity contribution in [3.63, 3.8) is 0 Å². The number of hydrogen-bond donors (Lipinski definition) is 1. The van der Waals surface area contributed by atoms with E-state index in [1.807, 2.05) is 4.90 Å². The molecule has 1 amide bonds. The number of aromatic nitrogens is 2. The number of benzene rings is 1. The van der Waals surface area contributed by atoms with E-state index in [0.29, 0.717) is 11.8 Å². The lowest BCUT2D eigenvalue weighted by Gasteiger charge is -2.21. The molecule has 0 spiro atoms. The lowest BCUT2D eigenvalue weighted by molar-refractivity contribution is 0.102. The fraction of sp³-hybridized carbons (Fsp3) is 0.389. The lowest BCUT2D eigenvalue weighted by atomic mass is 10.2. The zero-order valence-electron chi connectivity index (χ0n) is 16.0. The summed E-state index contributed by atoms with van der Waals surface area (Å²) in [4.78, 5) is 24.5. The highest BCUT2D eigenvalue weighted by Gasteiger charge is 2.31. The summed E-state index contributed by atoms with van der Waals surface area (Å²) in [5.74, 6) is -3.52. The first-order valence-corrected chi connectivity index (χ1v) is 10.5. The van der Waals surface area contributed by atoms with E-state index in [0.717, 1.165) is 32.0 Å². The van der Waals surface area contributed by atoms with Crippen LogP contribution in [0, 0.1) is 0 Å². The highest BCUT2D eigenvalue weighted by Crippen LogP contribution is 2.27. The van der Waals surface area contributed by atoms with E-state index in [1.54, 1.807) is 19.0 Å². The highest BCUT2D eigenvalue weighted by molar-refractivity contribution is 7.91. The maximum Gasteiger partial charge on any atom is 0.341 e. The van der Waals surface area contributed by atoms with Crippen LogP contribution in [-0.4, -0.2) is 57.2 Å². The second-order valence-corrected chi connectivity index (χ2v) is 8.64. The van der Waals surface area contributed by atoms with Gasteiger partial charge in [-0.25, -0.2) is 13.4 Å². The smallest absolute Gasteiger partial charge is 0.341 e. The van der Waals surface area contributed by atoms with Gasteiger partial charge in [0, 0.05) is 27.2 Å². The van der Waals surface area contributed by atoms with Crippen molar-refractivity contribution in [1.82, 2.24) is 9.97 Å². The van der Waals surface area contributed by atoms with Gasteiger partial charge in [-0.2, -0.15) is 13.8 Å². The molecule has 0 bridgehead atoms. The van der Waals surface area contributed by atoms with Crippen molar-refractivity contribution >= 4 is 33.2 Å². The van der Waals surface area contributed by atoms with E-state index in [4.69, 9.17) is 0 Å². The summed E-state index contributed by atoms with van der Waals surface area (Å²) in [5, 5.41) is 2.54. The van der Waals surface area contributed by atoms with Gasteiger partial charge < -0.3 is 15.1 Å². The Hall–Kier alpha value is -2.82. The molecular weight excluding hydrogens is 404 g/mol. The van der Waals surface area contributed by atoms with Gasteiger partial charge in [0.25, 0.3) is 5.91 Å². The van der Waals surface area contributed by atoms with Crippen LogP contribution in [0.3, 0.4) is 0 Å². The Morgan fingerprint density at radius 1 is 1.21 bits per heavy atom. The predicted molar refractivity (Wildman–Crippen MR) is 105 cm³/mol. The van der Waals surface area contributed by atoms with Crippen LogP contribution in [0.5, 0.6) is 0 Å². The highest BCUT2D eigenvalue weighted by atomic mass is 32.2. The SMILES string of the molecule is CN(C)c1nc(N2CCCC2)ncc1NC(=O)c1ccccc1S(=O)(=O)C(F)F. The van der Waals surface area contributed by atoms with Crippen LogP contribution < -0.4 is 15.1 Å². The standard InChI is InChI=1S/C18H21F2N5O3S/c1-24(2)15-13(11-21-18(23-15)25-9-5-6-10-25)22-16(26)12-7-3-4-8-14(12)29(27,28)17(19)20/h3-4,7-8,11,17H,5-6,9-10H2,1-2H3,(H,22,26). The number of anilines is 3. The Kier molecular flexibility index (Phi) is 5.96. The zero-order valence-corrected chi connectivity index (χ0v) is 16.8. The van der Waals surface area contributed by atoms with Gasteiger partial charge in [0.15, 0.2) is 5.82 Å². The number of alkyl halides is 2. The van der Waals surface area contributed by atoms with Gasteiger partial charge in [0.2, 0.25) is 15.8 Å². The quantitative estimate of drug-likeness (QED) is 0.759. The molecule has 1 fully saturated rings. The van der Waals surface area contributed by atoms with Gasteiger partial charge in [-0.05, 0) is 25.0 Å². The van der Waals surface area contributed by atoms with E-state index in [1.165, 1.54) is 24.4 Å². The maximum absolute atomic E-state index is 13.0. The predicted octanol–water partition coefficient (Wildman–Crippen LogP) is 2.39. The van der Waals surface area contributed by atoms with Crippen molar-refractivity contribution in [2.75, 3.05) is 42.3 Å². The molecule has 1 saturated heterocycles. The van der Waals surface area contributed by atoms with Crippen LogP contribution in [0.2, 0.25) is 0 Å². The summed E-state index contributed by atoms with van der Waals surface area (Å²) in [6.07, 6.45) is 3.53. The average Bonchev–Trinajstić information content (AvgIpc) is 3.22. The average molecular weight is 425 g/mol. The third-order valence-electron chi connectivity index (χ3n) is 4.49. The summed E-state index contributed by atoms with van der Waals surface area (Å²) in [6.45, 7) is 1.69. The summed E-state index contributed by atoms with van der Waals surface area (Å²) in [5.41, 5.74) is -0.131. The van der Waals surface area contributed by atoms with Gasteiger partial charge in [0.1, 0.15) is 5.69 Å². The largest absolute Gasteiger partial charge is 0.361 e. The molecular formula is C18H21F2N5O3S. The van der Waals surface area contributed by atoms with E-state index in [-0.39, 0.29) is 11.3 Å². The van der Waals surface area contributed by atoms with E-state index in [2.05, 4.69) is 15.3 Å². The van der Waals surface area contributed by atoms with Crippen LogP contribution in [0.25, 0.3) is 0 Å². The normalized spacial score (nSPS) is 14.3. The number of carbonyl (C=O) groups is 1. The van der Waals surface area contributed by atoms with Crippen LogP contribution >= 0.6 is 0 Å². The Labute approximate surface area is 167 Å². The second-order valence-electron chi connectivity index (χ2n) is 6.75.